The van der Waals surface area contributed by atoms with Crippen LogP contribution >= 0.6 is 0 Å². The van der Waals surface area contributed by atoms with Crippen LogP contribution in [0, 0.1) is 34.0 Å². The van der Waals surface area contributed by atoms with E-state index in [1.54, 1.807) is 0 Å². The van der Waals surface area contributed by atoms with Crippen LogP contribution in [-0.4, -0.2) is 11.2 Å². The van der Waals surface area contributed by atoms with Crippen LogP contribution in [0.3, 0.4) is 0 Å². The molecule has 4 unspecified atom stereocenters. The number of hydrogen-bond acceptors (Lipinski definition) is 1. The first-order valence-electron chi connectivity index (χ1n) is 9.36. The fourth-order valence-electron chi connectivity index (χ4n) is 6.81. The van der Waals surface area contributed by atoms with E-state index >= 15 is 0 Å². The van der Waals surface area contributed by atoms with Crippen molar-refractivity contribution in [3.63, 3.8) is 0 Å². The molecule has 0 aliphatic heterocycles. The van der Waals surface area contributed by atoms with Gasteiger partial charge in [-0.15, -0.1) is 0 Å². The lowest BCUT2D eigenvalue weighted by Gasteiger charge is -2.58. The lowest BCUT2D eigenvalue weighted by Crippen LogP contribution is -2.51. The standard InChI is InChI=1S/C21H32O/c1-19(2)10-8-18-16-6-5-14-13-15(22)7-11-20(14,3)17(16)9-12-21(18,19)4/h7,11,13,15-18,22H,5-6,8-10,12H2,1-4H3/t15?,16?,17?,18?,20-,21-/m0/s1. The summed E-state index contributed by atoms with van der Waals surface area (Å²) in [6.07, 6.45) is 14.3. The maximum Gasteiger partial charge on any atom is 0.0905 e. The molecule has 0 spiro atoms. The van der Waals surface area contributed by atoms with Gasteiger partial charge in [0.1, 0.15) is 0 Å². The van der Waals surface area contributed by atoms with Crippen LogP contribution in [0.5, 0.6) is 0 Å². The lowest BCUT2D eigenvalue weighted by atomic mass is 9.46. The summed E-state index contributed by atoms with van der Waals surface area (Å²) in [5.41, 5.74) is 2.79. The van der Waals surface area contributed by atoms with Gasteiger partial charge in [-0.05, 0) is 67.1 Å². The molecule has 1 heteroatoms. The Morgan fingerprint density at radius 3 is 2.50 bits per heavy atom. The molecule has 0 saturated heterocycles. The quantitative estimate of drug-likeness (QED) is 0.616. The second-order valence-electron chi connectivity index (χ2n) is 9.62. The Bertz CT molecular complexity index is 542. The number of aliphatic hydroxyl groups excluding tert-OH is 1. The average molecular weight is 300 g/mol. The molecule has 0 radical (unpaired) electrons. The van der Waals surface area contributed by atoms with Crippen molar-refractivity contribution < 1.29 is 5.11 Å². The predicted octanol–water partition coefficient (Wildman–Crippen LogP) is 5.11. The highest BCUT2D eigenvalue weighted by Gasteiger charge is 2.60. The maximum absolute atomic E-state index is 9.96. The number of aliphatic hydroxyl groups is 1. The Balaban J connectivity index is 1.70. The van der Waals surface area contributed by atoms with E-state index in [2.05, 4.69) is 39.8 Å². The first-order valence-corrected chi connectivity index (χ1v) is 9.36. The molecule has 4 rings (SSSR count). The molecule has 0 aromatic carbocycles. The molecule has 3 saturated carbocycles. The van der Waals surface area contributed by atoms with Crippen molar-refractivity contribution in [1.82, 2.24) is 0 Å². The van der Waals surface area contributed by atoms with Gasteiger partial charge < -0.3 is 5.11 Å². The number of hydrogen-bond donors (Lipinski definition) is 1. The summed E-state index contributed by atoms with van der Waals surface area (Å²) in [7, 11) is 0. The van der Waals surface area contributed by atoms with Gasteiger partial charge in [0, 0.05) is 5.41 Å². The van der Waals surface area contributed by atoms with E-state index < -0.39 is 0 Å². The van der Waals surface area contributed by atoms with Gasteiger partial charge in [-0.3, -0.25) is 0 Å². The van der Waals surface area contributed by atoms with E-state index in [-0.39, 0.29) is 11.5 Å². The summed E-state index contributed by atoms with van der Waals surface area (Å²) >= 11 is 0. The molecule has 0 bridgehead atoms. The molecule has 0 amide bonds. The Morgan fingerprint density at radius 2 is 1.73 bits per heavy atom. The van der Waals surface area contributed by atoms with Crippen LogP contribution in [0.1, 0.15) is 66.2 Å². The highest BCUT2D eigenvalue weighted by Crippen LogP contribution is 2.69. The molecule has 3 fully saturated rings. The van der Waals surface area contributed by atoms with Gasteiger partial charge in [0.2, 0.25) is 0 Å². The van der Waals surface area contributed by atoms with Crippen LogP contribution in [0.15, 0.2) is 23.8 Å². The van der Waals surface area contributed by atoms with E-state index in [4.69, 9.17) is 0 Å². The highest BCUT2D eigenvalue weighted by atomic mass is 16.3. The third-order valence-corrected chi connectivity index (χ3v) is 8.67. The van der Waals surface area contributed by atoms with Crippen LogP contribution in [-0.2, 0) is 0 Å². The van der Waals surface area contributed by atoms with E-state index in [9.17, 15) is 5.11 Å². The van der Waals surface area contributed by atoms with Gasteiger partial charge in [0.05, 0.1) is 6.10 Å². The molecule has 4 aliphatic rings. The Kier molecular flexibility index (Phi) is 3.07. The van der Waals surface area contributed by atoms with Crippen LogP contribution in [0.25, 0.3) is 0 Å². The van der Waals surface area contributed by atoms with Gasteiger partial charge in [0.25, 0.3) is 0 Å². The molecule has 122 valence electrons. The van der Waals surface area contributed by atoms with E-state index in [1.165, 1.54) is 44.1 Å². The average Bonchev–Trinajstić information content (AvgIpc) is 2.70. The Morgan fingerprint density at radius 1 is 1.00 bits per heavy atom. The summed E-state index contributed by atoms with van der Waals surface area (Å²) < 4.78 is 0. The van der Waals surface area contributed by atoms with E-state index in [0.29, 0.717) is 10.8 Å². The summed E-state index contributed by atoms with van der Waals surface area (Å²) in [5.74, 6) is 2.60. The fraction of sp³-hybridized carbons (Fsp3) is 0.810. The first kappa shape index (κ1) is 15.0. The molecule has 4 aliphatic carbocycles. The SMILES string of the molecule is CC1(C)CCC2C3CCC4=CC(O)C=C[C@]4(C)C3CC[C@@]21C. The summed E-state index contributed by atoms with van der Waals surface area (Å²) in [4.78, 5) is 0. The third-order valence-electron chi connectivity index (χ3n) is 8.67. The maximum atomic E-state index is 9.96. The number of fused-ring (bicyclic) bond motifs is 5. The molecule has 1 N–H and O–H groups in total. The van der Waals surface area contributed by atoms with E-state index in [0.717, 1.165) is 17.8 Å². The topological polar surface area (TPSA) is 20.2 Å². The molecule has 0 aromatic rings. The normalized spacial score (nSPS) is 52.5. The van der Waals surface area contributed by atoms with Gasteiger partial charge in [-0.25, -0.2) is 0 Å². The van der Waals surface area contributed by atoms with Crippen molar-refractivity contribution in [3.8, 4) is 0 Å². The lowest BCUT2D eigenvalue weighted by molar-refractivity contribution is -0.0570. The number of rotatable bonds is 0. The molecule has 6 atom stereocenters. The minimum absolute atomic E-state index is 0.218. The monoisotopic (exact) mass is 300 g/mol. The van der Waals surface area contributed by atoms with Crippen LogP contribution in [0.2, 0.25) is 0 Å². The second kappa shape index (κ2) is 4.50. The smallest absolute Gasteiger partial charge is 0.0905 e. The van der Waals surface area contributed by atoms with Crippen molar-refractivity contribution >= 4 is 0 Å². The largest absolute Gasteiger partial charge is 0.385 e. The zero-order valence-corrected chi connectivity index (χ0v) is 14.7. The predicted molar refractivity (Wildman–Crippen MR) is 91.4 cm³/mol. The highest BCUT2D eigenvalue weighted by molar-refractivity contribution is 5.33. The van der Waals surface area contributed by atoms with Crippen LogP contribution < -0.4 is 0 Å². The first-order chi connectivity index (χ1) is 10.3. The van der Waals surface area contributed by atoms with Crippen molar-refractivity contribution in [1.29, 1.82) is 0 Å². The summed E-state index contributed by atoms with van der Waals surface area (Å²) in [6.45, 7) is 10.1. The van der Waals surface area contributed by atoms with Gasteiger partial charge in [0.15, 0.2) is 0 Å². The third kappa shape index (κ3) is 1.75. The van der Waals surface area contributed by atoms with Crippen molar-refractivity contribution in [2.45, 2.75) is 72.3 Å². The van der Waals surface area contributed by atoms with Gasteiger partial charge in [-0.1, -0.05) is 51.5 Å². The molecule has 1 nitrogen and oxygen atoms in total. The fourth-order valence-corrected chi connectivity index (χ4v) is 6.81. The molecular formula is C21H32O. The second-order valence-corrected chi connectivity index (χ2v) is 9.62. The molecule has 22 heavy (non-hydrogen) atoms. The number of allylic oxidation sites excluding steroid dienone is 2. The van der Waals surface area contributed by atoms with Gasteiger partial charge in [-0.2, -0.15) is 0 Å². The Hall–Kier alpha value is -0.560. The summed E-state index contributed by atoms with van der Waals surface area (Å²) in [6, 6.07) is 0. The Labute approximate surface area is 135 Å². The molecule has 0 aromatic heterocycles. The van der Waals surface area contributed by atoms with Crippen molar-refractivity contribution in [2.75, 3.05) is 0 Å². The van der Waals surface area contributed by atoms with Crippen LogP contribution in [0.4, 0.5) is 0 Å². The minimum atomic E-state index is -0.348. The van der Waals surface area contributed by atoms with Crippen molar-refractivity contribution in [2.24, 2.45) is 34.0 Å². The molecule has 0 heterocycles. The summed E-state index contributed by atoms with van der Waals surface area (Å²) in [5, 5.41) is 9.96. The van der Waals surface area contributed by atoms with Gasteiger partial charge >= 0.3 is 0 Å². The zero-order valence-electron chi connectivity index (χ0n) is 14.7. The minimum Gasteiger partial charge on any atom is -0.385 e. The van der Waals surface area contributed by atoms with E-state index in [1.807, 2.05) is 6.08 Å². The van der Waals surface area contributed by atoms with Crippen molar-refractivity contribution in [3.05, 3.63) is 23.8 Å². The molecular weight excluding hydrogens is 268 g/mol. The zero-order chi connectivity index (χ0) is 15.8.